The second-order valence-corrected chi connectivity index (χ2v) is 5.43. The third-order valence-electron chi connectivity index (χ3n) is 3.16. The molecular formula is C15H13NO4S. The van der Waals surface area contributed by atoms with E-state index in [9.17, 15) is 4.79 Å². The van der Waals surface area contributed by atoms with Gasteiger partial charge in [0.25, 0.3) is 0 Å². The Bertz CT molecular complexity index is 776. The van der Waals surface area contributed by atoms with Gasteiger partial charge in [-0.05, 0) is 25.1 Å². The number of carbonyl (C=O) groups excluding carboxylic acids is 1. The minimum Gasteiger partial charge on any atom is -0.497 e. The summed E-state index contributed by atoms with van der Waals surface area (Å²) < 4.78 is 16.0. The smallest absolute Gasteiger partial charge is 0.374 e. The number of nitrogens with zero attached hydrogens (tertiary/aromatic N) is 1. The Morgan fingerprint density at radius 3 is 3.00 bits per heavy atom. The lowest BCUT2D eigenvalue weighted by atomic mass is 10.1. The molecule has 21 heavy (non-hydrogen) atoms. The molecule has 0 aliphatic carbocycles. The van der Waals surface area contributed by atoms with Gasteiger partial charge in [0.05, 0.1) is 17.5 Å². The summed E-state index contributed by atoms with van der Waals surface area (Å²) in [6.45, 7) is 2.03. The van der Waals surface area contributed by atoms with Crippen molar-refractivity contribution in [2.75, 3.05) is 7.11 Å². The molecule has 0 fully saturated rings. The molecule has 0 unspecified atom stereocenters. The second-order valence-electron chi connectivity index (χ2n) is 4.46. The lowest BCUT2D eigenvalue weighted by Crippen LogP contribution is -2.04. The first-order chi connectivity index (χ1) is 10.2. The van der Waals surface area contributed by atoms with E-state index in [0.29, 0.717) is 5.58 Å². The molecule has 108 valence electrons. The predicted octanol–water partition coefficient (Wildman–Crippen LogP) is 3.56. The molecule has 1 aromatic carbocycles. The fourth-order valence-corrected chi connectivity index (χ4v) is 2.54. The van der Waals surface area contributed by atoms with E-state index in [1.54, 1.807) is 30.9 Å². The van der Waals surface area contributed by atoms with E-state index in [-0.39, 0.29) is 12.4 Å². The summed E-state index contributed by atoms with van der Waals surface area (Å²) in [5, 5.41) is 0.846. The first kappa shape index (κ1) is 13.6. The molecule has 0 amide bonds. The molecule has 2 heterocycles. The van der Waals surface area contributed by atoms with Crippen molar-refractivity contribution in [1.29, 1.82) is 0 Å². The summed E-state index contributed by atoms with van der Waals surface area (Å²) >= 11 is 1.44. The van der Waals surface area contributed by atoms with Crippen LogP contribution in [0.3, 0.4) is 0 Å². The Balaban J connectivity index is 1.85. The summed E-state index contributed by atoms with van der Waals surface area (Å²) in [6, 6.07) is 5.41. The summed E-state index contributed by atoms with van der Waals surface area (Å²) in [7, 11) is 1.60. The van der Waals surface area contributed by atoms with Gasteiger partial charge in [0.15, 0.2) is 0 Å². The number of methoxy groups -OCH3 is 1. The number of hydrogen-bond acceptors (Lipinski definition) is 6. The number of thiazole rings is 1. The van der Waals surface area contributed by atoms with Gasteiger partial charge in [0.1, 0.15) is 17.9 Å². The van der Waals surface area contributed by atoms with Crippen molar-refractivity contribution in [3.05, 3.63) is 46.1 Å². The van der Waals surface area contributed by atoms with Crippen LogP contribution in [-0.4, -0.2) is 18.1 Å². The van der Waals surface area contributed by atoms with E-state index < -0.39 is 5.97 Å². The van der Waals surface area contributed by atoms with Crippen molar-refractivity contribution in [2.45, 2.75) is 13.5 Å². The maximum Gasteiger partial charge on any atom is 0.374 e. The van der Waals surface area contributed by atoms with E-state index >= 15 is 0 Å². The average Bonchev–Trinajstić information content (AvgIpc) is 3.13. The maximum atomic E-state index is 12.1. The lowest BCUT2D eigenvalue weighted by Gasteiger charge is -2.00. The Hall–Kier alpha value is -2.34. The third-order valence-corrected chi connectivity index (χ3v) is 3.91. The number of esters is 1. The number of benzene rings is 1. The molecule has 3 rings (SSSR count). The topological polar surface area (TPSA) is 61.6 Å². The normalized spacial score (nSPS) is 10.8. The van der Waals surface area contributed by atoms with E-state index in [0.717, 1.165) is 21.6 Å². The van der Waals surface area contributed by atoms with E-state index in [1.807, 2.05) is 13.0 Å². The third kappa shape index (κ3) is 2.62. The quantitative estimate of drug-likeness (QED) is 0.690. The summed E-state index contributed by atoms with van der Waals surface area (Å²) in [5.74, 6) is 0.467. The molecule has 0 aliphatic rings. The first-order valence-corrected chi connectivity index (χ1v) is 7.18. The van der Waals surface area contributed by atoms with Crippen molar-refractivity contribution in [1.82, 2.24) is 4.98 Å². The van der Waals surface area contributed by atoms with Gasteiger partial charge in [-0.1, -0.05) is 0 Å². The zero-order valence-electron chi connectivity index (χ0n) is 11.6. The Morgan fingerprint density at radius 1 is 1.43 bits per heavy atom. The van der Waals surface area contributed by atoms with Crippen LogP contribution >= 0.6 is 11.3 Å². The van der Waals surface area contributed by atoms with Crippen molar-refractivity contribution in [2.24, 2.45) is 0 Å². The van der Waals surface area contributed by atoms with E-state index in [2.05, 4.69) is 4.98 Å². The fraction of sp³-hybridized carbons (Fsp3) is 0.200. The highest BCUT2D eigenvalue weighted by atomic mass is 32.1. The van der Waals surface area contributed by atoms with Gasteiger partial charge in [0.2, 0.25) is 5.76 Å². The molecule has 6 heteroatoms. The highest BCUT2D eigenvalue weighted by molar-refractivity contribution is 7.09. The summed E-state index contributed by atoms with van der Waals surface area (Å²) in [4.78, 5) is 16.9. The number of rotatable bonds is 4. The molecule has 0 saturated carbocycles. The number of hydrogen-bond donors (Lipinski definition) is 0. The predicted molar refractivity (Wildman–Crippen MR) is 78.7 cm³/mol. The average molecular weight is 303 g/mol. The monoisotopic (exact) mass is 303 g/mol. The molecule has 0 saturated heterocycles. The van der Waals surface area contributed by atoms with Crippen LogP contribution in [0.5, 0.6) is 5.75 Å². The highest BCUT2D eigenvalue weighted by Crippen LogP contribution is 2.29. The number of ether oxygens (including phenoxy) is 2. The first-order valence-electron chi connectivity index (χ1n) is 6.30. The zero-order valence-corrected chi connectivity index (χ0v) is 12.4. The van der Waals surface area contributed by atoms with Crippen molar-refractivity contribution in [3.63, 3.8) is 0 Å². The van der Waals surface area contributed by atoms with Crippen LogP contribution < -0.4 is 4.74 Å². The molecule has 0 spiro atoms. The summed E-state index contributed by atoms with van der Waals surface area (Å²) in [5.41, 5.74) is 3.08. The van der Waals surface area contributed by atoms with Crippen LogP contribution in [0.1, 0.15) is 21.0 Å². The number of furan rings is 1. The Labute approximate surface area is 125 Å². The molecule has 0 aliphatic heterocycles. The molecule has 0 bridgehead atoms. The van der Waals surface area contributed by atoms with Gasteiger partial charge in [-0.2, -0.15) is 0 Å². The minimum atomic E-state index is -0.476. The van der Waals surface area contributed by atoms with Gasteiger partial charge in [-0.15, -0.1) is 11.3 Å². The second kappa shape index (κ2) is 5.57. The van der Waals surface area contributed by atoms with Crippen LogP contribution in [0.4, 0.5) is 0 Å². The molecular weight excluding hydrogens is 290 g/mol. The summed E-state index contributed by atoms with van der Waals surface area (Å²) in [6.07, 6.45) is 1.67. The van der Waals surface area contributed by atoms with Gasteiger partial charge in [-0.25, -0.2) is 4.79 Å². The fourth-order valence-electron chi connectivity index (χ4n) is 2.04. The standard InChI is InChI=1S/C15H13NO4S/c1-9-12-5-10(18-2)3-4-13(12)20-14(9)15(17)19-7-11-6-16-8-21-11/h3-6,8H,7H2,1-2H3. The van der Waals surface area contributed by atoms with Gasteiger partial charge in [-0.3, -0.25) is 4.98 Å². The van der Waals surface area contributed by atoms with Crippen LogP contribution in [0.15, 0.2) is 34.3 Å². The molecule has 5 nitrogen and oxygen atoms in total. The largest absolute Gasteiger partial charge is 0.497 e. The van der Waals surface area contributed by atoms with Gasteiger partial charge in [0, 0.05) is 17.1 Å². The zero-order chi connectivity index (χ0) is 14.8. The van der Waals surface area contributed by atoms with Crippen LogP contribution in [0.25, 0.3) is 11.0 Å². The van der Waals surface area contributed by atoms with Crippen LogP contribution in [0, 0.1) is 6.92 Å². The molecule has 2 aromatic heterocycles. The number of fused-ring (bicyclic) bond motifs is 1. The molecule has 0 radical (unpaired) electrons. The lowest BCUT2D eigenvalue weighted by molar-refractivity contribution is 0.0441. The van der Waals surface area contributed by atoms with Crippen molar-refractivity contribution >= 4 is 28.3 Å². The van der Waals surface area contributed by atoms with Crippen molar-refractivity contribution in [3.8, 4) is 5.75 Å². The number of aryl methyl sites for hydroxylation is 1. The Morgan fingerprint density at radius 2 is 2.29 bits per heavy atom. The van der Waals surface area contributed by atoms with E-state index in [1.165, 1.54) is 11.3 Å². The highest BCUT2D eigenvalue weighted by Gasteiger charge is 2.19. The minimum absolute atomic E-state index is 0.198. The van der Waals surface area contributed by atoms with Crippen molar-refractivity contribution < 1.29 is 18.7 Å². The molecule has 3 aromatic rings. The van der Waals surface area contributed by atoms with Crippen LogP contribution in [0.2, 0.25) is 0 Å². The number of aromatic nitrogens is 1. The molecule has 0 atom stereocenters. The van der Waals surface area contributed by atoms with Gasteiger partial charge >= 0.3 is 5.97 Å². The SMILES string of the molecule is COc1ccc2oc(C(=O)OCc3cncs3)c(C)c2c1. The number of carbonyl (C=O) groups is 1. The van der Waals surface area contributed by atoms with Crippen LogP contribution in [-0.2, 0) is 11.3 Å². The van der Waals surface area contributed by atoms with E-state index in [4.69, 9.17) is 13.9 Å². The molecule has 0 N–H and O–H groups in total. The van der Waals surface area contributed by atoms with Gasteiger partial charge < -0.3 is 13.9 Å². The maximum absolute atomic E-state index is 12.1. The Kier molecular flexibility index (Phi) is 3.62.